The second-order valence-corrected chi connectivity index (χ2v) is 8.57. The molecule has 4 rings (SSSR count). The molecule has 2 fully saturated rings. The quantitative estimate of drug-likeness (QED) is 0.568. The summed E-state index contributed by atoms with van der Waals surface area (Å²) < 4.78 is 0. The minimum Gasteiger partial charge on any atom is -0.378 e. The summed E-state index contributed by atoms with van der Waals surface area (Å²) in [6.45, 7) is 2.69. The summed E-state index contributed by atoms with van der Waals surface area (Å²) >= 11 is 12.2. The highest BCUT2D eigenvalue weighted by Gasteiger charge is 2.48. The Balaban J connectivity index is 1.39. The number of aliphatic hydroxyl groups excluding tert-OH is 1. The molecule has 2 unspecified atom stereocenters. The van der Waals surface area contributed by atoms with Crippen LogP contribution < -0.4 is 15.5 Å². The Bertz CT molecular complexity index is 948. The van der Waals surface area contributed by atoms with Crippen molar-refractivity contribution in [2.75, 3.05) is 31.1 Å². The highest BCUT2D eigenvalue weighted by Crippen LogP contribution is 2.30. The molecular formula is C21H23Cl2N5O3. The van der Waals surface area contributed by atoms with E-state index in [1.54, 1.807) is 30.5 Å². The minimum absolute atomic E-state index is 0.229. The number of imide groups is 1. The molecule has 2 aromatic rings. The number of anilines is 1. The molecule has 2 atom stereocenters. The second-order valence-electron chi connectivity index (χ2n) is 7.70. The van der Waals surface area contributed by atoms with E-state index in [0.29, 0.717) is 48.3 Å². The standard InChI is InChI=1S/C21H23Cl2N5O3/c22-14-11-15(23)13-16(12-14)27-7-9-28(10-8-27)18(29)4-5-21(17-3-1-2-6-24-17)19(30)25-20(31)26-21/h1-3,6,11-13,18,29H,4-5,7-10H2,(H2,25,26,30,31). The van der Waals surface area contributed by atoms with Gasteiger partial charge in [-0.15, -0.1) is 0 Å². The summed E-state index contributed by atoms with van der Waals surface area (Å²) in [6, 6.07) is 10.1. The largest absolute Gasteiger partial charge is 0.378 e. The fourth-order valence-corrected chi connectivity index (χ4v) is 4.63. The number of halogens is 2. The van der Waals surface area contributed by atoms with Gasteiger partial charge in [0.05, 0.1) is 5.69 Å². The first-order valence-corrected chi connectivity index (χ1v) is 10.8. The fraction of sp³-hybridized carbons (Fsp3) is 0.381. The molecule has 0 saturated carbocycles. The number of urea groups is 1. The topological polar surface area (TPSA) is 97.8 Å². The Morgan fingerprint density at radius 1 is 1.10 bits per heavy atom. The number of benzene rings is 1. The molecule has 3 N–H and O–H groups in total. The van der Waals surface area contributed by atoms with Crippen molar-refractivity contribution in [3.63, 3.8) is 0 Å². The van der Waals surface area contributed by atoms with Gasteiger partial charge in [-0.3, -0.25) is 20.0 Å². The van der Waals surface area contributed by atoms with Gasteiger partial charge in [-0.1, -0.05) is 29.3 Å². The maximum absolute atomic E-state index is 12.6. The first kappa shape index (κ1) is 21.8. The summed E-state index contributed by atoms with van der Waals surface area (Å²) in [5.74, 6) is -0.453. The lowest BCUT2D eigenvalue weighted by Crippen LogP contribution is -2.51. The summed E-state index contributed by atoms with van der Waals surface area (Å²) in [6.07, 6.45) is 1.35. The zero-order chi connectivity index (χ0) is 22.0. The normalized spacial score (nSPS) is 22.9. The third-order valence-corrected chi connectivity index (χ3v) is 6.21. The first-order valence-electron chi connectivity index (χ1n) is 10.1. The molecule has 164 valence electrons. The van der Waals surface area contributed by atoms with Crippen LogP contribution >= 0.6 is 23.2 Å². The van der Waals surface area contributed by atoms with Gasteiger partial charge in [-0.05, 0) is 43.2 Å². The molecule has 0 aliphatic carbocycles. The lowest BCUT2D eigenvalue weighted by Gasteiger charge is -2.39. The number of hydrogen-bond donors (Lipinski definition) is 3. The van der Waals surface area contributed by atoms with Crippen molar-refractivity contribution in [2.45, 2.75) is 24.6 Å². The van der Waals surface area contributed by atoms with Crippen LogP contribution in [0.5, 0.6) is 0 Å². The molecule has 2 aliphatic heterocycles. The van der Waals surface area contributed by atoms with Gasteiger partial charge in [-0.2, -0.15) is 0 Å². The van der Waals surface area contributed by atoms with Gasteiger partial charge in [0.1, 0.15) is 6.23 Å². The average molecular weight is 464 g/mol. The van der Waals surface area contributed by atoms with Crippen LogP contribution in [0.25, 0.3) is 0 Å². The molecule has 0 radical (unpaired) electrons. The molecule has 2 aliphatic rings. The second kappa shape index (κ2) is 9.00. The Hall–Kier alpha value is -2.39. The number of aliphatic hydroxyl groups is 1. The van der Waals surface area contributed by atoms with Gasteiger partial charge in [0, 0.05) is 48.1 Å². The number of piperazine rings is 1. The van der Waals surface area contributed by atoms with Gasteiger partial charge in [0.15, 0.2) is 5.54 Å². The maximum atomic E-state index is 12.6. The SMILES string of the molecule is O=C1NC(=O)C(CCC(O)N2CCN(c3cc(Cl)cc(Cl)c3)CC2)(c2ccccn2)N1. The summed E-state index contributed by atoms with van der Waals surface area (Å²) in [7, 11) is 0. The molecule has 31 heavy (non-hydrogen) atoms. The fourth-order valence-electron chi connectivity index (χ4n) is 4.12. The van der Waals surface area contributed by atoms with Crippen LogP contribution in [-0.4, -0.2) is 59.3 Å². The van der Waals surface area contributed by atoms with E-state index >= 15 is 0 Å². The van der Waals surface area contributed by atoms with Crippen molar-refractivity contribution in [3.05, 3.63) is 58.3 Å². The molecule has 10 heteroatoms. The van der Waals surface area contributed by atoms with Crippen molar-refractivity contribution >= 4 is 40.8 Å². The zero-order valence-corrected chi connectivity index (χ0v) is 18.2. The monoisotopic (exact) mass is 463 g/mol. The van der Waals surface area contributed by atoms with Crippen LogP contribution in [0, 0.1) is 0 Å². The molecule has 0 bridgehead atoms. The molecular weight excluding hydrogens is 441 g/mol. The maximum Gasteiger partial charge on any atom is 0.322 e. The average Bonchev–Trinajstić information content (AvgIpc) is 3.06. The van der Waals surface area contributed by atoms with E-state index in [1.165, 1.54) is 0 Å². The van der Waals surface area contributed by atoms with Crippen molar-refractivity contribution in [1.29, 1.82) is 0 Å². The van der Waals surface area contributed by atoms with E-state index in [2.05, 4.69) is 20.5 Å². The van der Waals surface area contributed by atoms with Crippen molar-refractivity contribution < 1.29 is 14.7 Å². The van der Waals surface area contributed by atoms with Gasteiger partial charge in [0.2, 0.25) is 0 Å². The number of aromatic nitrogens is 1. The van der Waals surface area contributed by atoms with Crippen LogP contribution in [0.15, 0.2) is 42.6 Å². The van der Waals surface area contributed by atoms with Gasteiger partial charge < -0.3 is 15.3 Å². The molecule has 1 aromatic heterocycles. The molecule has 0 spiro atoms. The number of hydrogen-bond acceptors (Lipinski definition) is 6. The van der Waals surface area contributed by atoms with Crippen molar-refractivity contribution in [1.82, 2.24) is 20.5 Å². The third-order valence-electron chi connectivity index (χ3n) is 5.77. The smallest absolute Gasteiger partial charge is 0.322 e. The van der Waals surface area contributed by atoms with Crippen LogP contribution in [0.2, 0.25) is 10.0 Å². The van der Waals surface area contributed by atoms with Crippen molar-refractivity contribution in [2.24, 2.45) is 0 Å². The number of carbonyl (C=O) groups is 2. The number of rotatable bonds is 6. The minimum atomic E-state index is -1.28. The first-order chi connectivity index (χ1) is 14.9. The molecule has 2 saturated heterocycles. The zero-order valence-electron chi connectivity index (χ0n) is 16.7. The number of nitrogens with one attached hydrogen (secondary N) is 2. The van der Waals surface area contributed by atoms with Crippen molar-refractivity contribution in [3.8, 4) is 0 Å². The summed E-state index contributed by atoms with van der Waals surface area (Å²) in [5.41, 5.74) is 0.123. The summed E-state index contributed by atoms with van der Waals surface area (Å²) in [5, 5.41) is 17.0. The lowest BCUT2D eigenvalue weighted by molar-refractivity contribution is -0.125. The lowest BCUT2D eigenvalue weighted by atomic mass is 9.88. The van der Waals surface area contributed by atoms with E-state index in [9.17, 15) is 14.7 Å². The number of amides is 3. The molecule has 3 amide bonds. The van der Waals surface area contributed by atoms with E-state index in [1.807, 2.05) is 17.0 Å². The van der Waals surface area contributed by atoms with Crippen LogP contribution in [0.4, 0.5) is 10.5 Å². The van der Waals surface area contributed by atoms with E-state index in [4.69, 9.17) is 23.2 Å². The Morgan fingerprint density at radius 3 is 2.39 bits per heavy atom. The molecule has 8 nitrogen and oxygen atoms in total. The highest BCUT2D eigenvalue weighted by molar-refractivity contribution is 6.35. The van der Waals surface area contributed by atoms with Crippen LogP contribution in [0.1, 0.15) is 18.5 Å². The number of carbonyl (C=O) groups excluding carboxylic acids is 2. The predicted octanol–water partition coefficient (Wildman–Crippen LogP) is 2.34. The Labute approximate surface area is 190 Å². The molecule has 1 aromatic carbocycles. The van der Waals surface area contributed by atoms with Crippen LogP contribution in [-0.2, 0) is 10.3 Å². The number of nitrogens with zero attached hydrogens (tertiary/aromatic N) is 3. The highest BCUT2D eigenvalue weighted by atomic mass is 35.5. The van der Waals surface area contributed by atoms with Gasteiger partial charge >= 0.3 is 6.03 Å². The van der Waals surface area contributed by atoms with E-state index in [0.717, 1.165) is 5.69 Å². The van der Waals surface area contributed by atoms with Gasteiger partial charge in [-0.25, -0.2) is 4.79 Å². The van der Waals surface area contributed by atoms with E-state index < -0.39 is 23.7 Å². The molecule has 3 heterocycles. The number of pyridine rings is 1. The predicted molar refractivity (Wildman–Crippen MR) is 118 cm³/mol. The van der Waals surface area contributed by atoms with Gasteiger partial charge in [0.25, 0.3) is 5.91 Å². The Morgan fingerprint density at radius 2 is 1.81 bits per heavy atom. The third kappa shape index (κ3) is 4.62. The van der Waals surface area contributed by atoms with Crippen LogP contribution in [0.3, 0.4) is 0 Å². The van der Waals surface area contributed by atoms with E-state index in [-0.39, 0.29) is 6.42 Å². The Kier molecular flexibility index (Phi) is 6.34. The summed E-state index contributed by atoms with van der Waals surface area (Å²) in [4.78, 5) is 32.8.